The maximum atomic E-state index is 5.47. The van der Waals surface area contributed by atoms with Crippen LogP contribution in [-0.4, -0.2) is 43.7 Å². The summed E-state index contributed by atoms with van der Waals surface area (Å²) in [7, 11) is 2.03. The number of hydrazine groups is 1. The first-order chi connectivity index (χ1) is 7.29. The summed E-state index contributed by atoms with van der Waals surface area (Å²) in [5, 5.41) is 0. The van der Waals surface area contributed by atoms with Crippen molar-refractivity contribution in [3.63, 3.8) is 0 Å². The van der Waals surface area contributed by atoms with Crippen molar-refractivity contribution in [2.24, 2.45) is 10.8 Å². The second-order valence-electron chi connectivity index (χ2n) is 3.80. The van der Waals surface area contributed by atoms with Crippen molar-refractivity contribution in [3.8, 4) is 0 Å². The zero-order valence-corrected chi connectivity index (χ0v) is 9.70. The number of hydrogen-bond acceptors (Lipinski definition) is 3. The zero-order chi connectivity index (χ0) is 11.1. The molecule has 88 valence electrons. The lowest BCUT2D eigenvalue weighted by molar-refractivity contribution is 0.0597. The highest BCUT2D eigenvalue weighted by molar-refractivity contribution is 5.79. The fraction of sp³-hybridized carbons (Fsp3) is 0.900. The van der Waals surface area contributed by atoms with Gasteiger partial charge in [0.1, 0.15) is 0 Å². The third-order valence-corrected chi connectivity index (χ3v) is 2.69. The van der Waals surface area contributed by atoms with Crippen molar-refractivity contribution in [2.45, 2.75) is 32.2 Å². The summed E-state index contributed by atoms with van der Waals surface area (Å²) in [5.74, 6) is 6.25. The topological polar surface area (TPSA) is 62.9 Å². The van der Waals surface area contributed by atoms with Gasteiger partial charge in [-0.05, 0) is 19.3 Å². The van der Waals surface area contributed by atoms with Gasteiger partial charge in [-0.2, -0.15) is 0 Å². The third-order valence-electron chi connectivity index (χ3n) is 2.69. The van der Waals surface area contributed by atoms with Crippen molar-refractivity contribution in [1.82, 2.24) is 10.3 Å². The summed E-state index contributed by atoms with van der Waals surface area (Å²) in [5.41, 5.74) is 2.67. The van der Waals surface area contributed by atoms with Crippen LogP contribution in [0, 0.1) is 0 Å². The van der Waals surface area contributed by atoms with Gasteiger partial charge in [0.2, 0.25) is 5.96 Å². The number of hydrogen-bond donors (Lipinski definition) is 2. The minimum atomic E-state index is 0.491. The molecule has 0 aromatic heterocycles. The van der Waals surface area contributed by atoms with Gasteiger partial charge < -0.3 is 9.64 Å². The molecule has 0 atom stereocenters. The molecule has 5 nitrogen and oxygen atoms in total. The van der Waals surface area contributed by atoms with Crippen LogP contribution < -0.4 is 11.3 Å². The number of nitrogens with zero attached hydrogens (tertiary/aromatic N) is 2. The molecule has 5 heteroatoms. The predicted molar refractivity (Wildman–Crippen MR) is 61.5 cm³/mol. The highest BCUT2D eigenvalue weighted by atomic mass is 16.5. The molecule has 0 aromatic carbocycles. The normalized spacial score (nSPS) is 19.0. The van der Waals surface area contributed by atoms with Gasteiger partial charge in [-0.25, -0.2) is 5.84 Å². The van der Waals surface area contributed by atoms with Gasteiger partial charge in [-0.1, -0.05) is 6.92 Å². The van der Waals surface area contributed by atoms with Crippen molar-refractivity contribution in [3.05, 3.63) is 0 Å². The molecule has 0 bridgehead atoms. The summed E-state index contributed by atoms with van der Waals surface area (Å²) in [6, 6.07) is 0.491. The smallest absolute Gasteiger partial charge is 0.208 e. The molecule has 0 unspecified atom stereocenters. The number of nitrogens with two attached hydrogens (primary N) is 1. The molecular weight excluding hydrogens is 192 g/mol. The maximum absolute atomic E-state index is 5.47. The van der Waals surface area contributed by atoms with Gasteiger partial charge in [-0.3, -0.25) is 10.4 Å². The monoisotopic (exact) mass is 214 g/mol. The zero-order valence-electron chi connectivity index (χ0n) is 9.70. The molecule has 1 fully saturated rings. The van der Waals surface area contributed by atoms with Crippen molar-refractivity contribution < 1.29 is 4.74 Å². The maximum Gasteiger partial charge on any atom is 0.208 e. The van der Waals surface area contributed by atoms with Crippen LogP contribution in [0.25, 0.3) is 0 Å². The lowest BCUT2D eigenvalue weighted by Gasteiger charge is -2.32. The van der Waals surface area contributed by atoms with Crippen LogP contribution in [0.5, 0.6) is 0 Å². The van der Waals surface area contributed by atoms with Crippen LogP contribution in [0.1, 0.15) is 26.2 Å². The number of ether oxygens (including phenoxy) is 1. The van der Waals surface area contributed by atoms with E-state index in [0.29, 0.717) is 6.04 Å². The van der Waals surface area contributed by atoms with E-state index in [1.807, 2.05) is 7.05 Å². The standard InChI is InChI=1S/C10H22N4O/c1-3-6-12-10(13-11)14(2)9-4-7-15-8-5-9/h9H,3-8,11H2,1-2H3,(H,12,13). The molecule has 1 aliphatic heterocycles. The largest absolute Gasteiger partial charge is 0.381 e. The first-order valence-electron chi connectivity index (χ1n) is 5.61. The Balaban J connectivity index is 2.50. The van der Waals surface area contributed by atoms with E-state index in [9.17, 15) is 0 Å². The van der Waals surface area contributed by atoms with Gasteiger partial charge in [0, 0.05) is 32.8 Å². The predicted octanol–water partition coefficient (Wildman–Crippen LogP) is 0.327. The van der Waals surface area contributed by atoms with Crippen LogP contribution in [0.3, 0.4) is 0 Å². The Morgan fingerprint density at radius 2 is 2.20 bits per heavy atom. The van der Waals surface area contributed by atoms with Gasteiger partial charge in [0.05, 0.1) is 0 Å². The van der Waals surface area contributed by atoms with Gasteiger partial charge in [-0.15, -0.1) is 0 Å². The van der Waals surface area contributed by atoms with Crippen LogP contribution in [0.2, 0.25) is 0 Å². The minimum absolute atomic E-state index is 0.491. The Hall–Kier alpha value is -0.810. The summed E-state index contributed by atoms with van der Waals surface area (Å²) in [4.78, 5) is 6.52. The fourth-order valence-electron chi connectivity index (χ4n) is 1.72. The lowest BCUT2D eigenvalue weighted by atomic mass is 10.1. The molecule has 15 heavy (non-hydrogen) atoms. The molecule has 0 spiro atoms. The second-order valence-corrected chi connectivity index (χ2v) is 3.80. The Kier molecular flexibility index (Phi) is 5.42. The van der Waals surface area contributed by atoms with Crippen LogP contribution in [0.4, 0.5) is 0 Å². The lowest BCUT2D eigenvalue weighted by Crippen LogP contribution is -2.49. The Morgan fingerprint density at radius 1 is 1.53 bits per heavy atom. The summed E-state index contributed by atoms with van der Waals surface area (Å²) in [6.45, 7) is 4.58. The van der Waals surface area contributed by atoms with E-state index in [4.69, 9.17) is 10.6 Å². The van der Waals surface area contributed by atoms with Gasteiger partial charge in [0.25, 0.3) is 0 Å². The first-order valence-corrected chi connectivity index (χ1v) is 5.61. The minimum Gasteiger partial charge on any atom is -0.381 e. The van der Waals surface area contributed by atoms with E-state index < -0.39 is 0 Å². The third kappa shape index (κ3) is 3.68. The molecular formula is C10H22N4O. The fourth-order valence-corrected chi connectivity index (χ4v) is 1.72. The van der Waals surface area contributed by atoms with E-state index in [2.05, 4.69) is 22.2 Å². The number of guanidine groups is 1. The van der Waals surface area contributed by atoms with E-state index in [0.717, 1.165) is 45.0 Å². The molecule has 0 aliphatic carbocycles. The molecule has 0 amide bonds. The van der Waals surface area contributed by atoms with E-state index in [1.54, 1.807) is 0 Å². The molecule has 0 radical (unpaired) electrons. The SMILES string of the molecule is CCCN=C(NN)N(C)C1CCOCC1. The average Bonchev–Trinajstić information content (AvgIpc) is 2.31. The Morgan fingerprint density at radius 3 is 2.73 bits per heavy atom. The number of rotatable bonds is 3. The molecule has 1 saturated heterocycles. The van der Waals surface area contributed by atoms with E-state index in [1.165, 1.54) is 0 Å². The molecule has 0 aromatic rings. The number of aliphatic imine (C=N–C) groups is 1. The van der Waals surface area contributed by atoms with Gasteiger partial charge in [0.15, 0.2) is 0 Å². The molecule has 3 N–H and O–H groups in total. The molecule has 1 aliphatic rings. The van der Waals surface area contributed by atoms with E-state index in [-0.39, 0.29) is 0 Å². The Bertz CT molecular complexity index is 202. The number of nitrogens with one attached hydrogen (secondary N) is 1. The van der Waals surface area contributed by atoms with Crippen molar-refractivity contribution >= 4 is 5.96 Å². The first kappa shape index (κ1) is 12.3. The van der Waals surface area contributed by atoms with E-state index >= 15 is 0 Å². The second kappa shape index (κ2) is 6.63. The molecule has 0 saturated carbocycles. The van der Waals surface area contributed by atoms with Crippen LogP contribution in [-0.2, 0) is 4.74 Å². The summed E-state index contributed by atoms with van der Waals surface area (Å²) in [6.07, 6.45) is 3.12. The van der Waals surface area contributed by atoms with Crippen molar-refractivity contribution in [2.75, 3.05) is 26.8 Å². The summed E-state index contributed by atoms with van der Waals surface area (Å²) >= 11 is 0. The average molecular weight is 214 g/mol. The highest BCUT2D eigenvalue weighted by Crippen LogP contribution is 2.12. The quantitative estimate of drug-likeness (QED) is 0.307. The Labute approximate surface area is 91.6 Å². The van der Waals surface area contributed by atoms with Crippen molar-refractivity contribution in [1.29, 1.82) is 0 Å². The highest BCUT2D eigenvalue weighted by Gasteiger charge is 2.20. The van der Waals surface area contributed by atoms with Crippen LogP contribution >= 0.6 is 0 Å². The molecule has 1 rings (SSSR count). The van der Waals surface area contributed by atoms with Gasteiger partial charge >= 0.3 is 0 Å². The molecule has 1 heterocycles. The van der Waals surface area contributed by atoms with Crippen LogP contribution in [0.15, 0.2) is 4.99 Å². The summed E-state index contributed by atoms with van der Waals surface area (Å²) < 4.78 is 5.33.